The largest absolute Gasteiger partial charge is 0.476 e. The summed E-state index contributed by atoms with van der Waals surface area (Å²) >= 11 is 0. The van der Waals surface area contributed by atoms with Gasteiger partial charge in [0.15, 0.2) is 15.5 Å². The van der Waals surface area contributed by atoms with E-state index in [1.54, 1.807) is 20.8 Å². The summed E-state index contributed by atoms with van der Waals surface area (Å²) in [5.74, 6) is -1.04. The first kappa shape index (κ1) is 15.0. The minimum Gasteiger partial charge on any atom is -0.476 e. The van der Waals surface area contributed by atoms with Crippen LogP contribution in [0.5, 0.6) is 0 Å². The number of aryl methyl sites for hydroxylation is 1. The molecular formula is C12H19N3O4S. The minimum absolute atomic E-state index is 0.0549. The maximum atomic E-state index is 12.1. The number of aromatic carboxylic acids is 1. The van der Waals surface area contributed by atoms with E-state index < -0.39 is 20.6 Å². The third-order valence-electron chi connectivity index (χ3n) is 3.44. The van der Waals surface area contributed by atoms with E-state index in [9.17, 15) is 13.2 Å². The molecule has 1 fully saturated rings. The normalized spacial score (nSPS) is 16.4. The monoisotopic (exact) mass is 301 g/mol. The van der Waals surface area contributed by atoms with Crippen molar-refractivity contribution in [2.45, 2.75) is 50.8 Å². The first-order valence-corrected chi connectivity index (χ1v) is 8.17. The molecule has 2 rings (SSSR count). The molecule has 1 aliphatic rings. The molecule has 0 aromatic carbocycles. The maximum absolute atomic E-state index is 12.1. The highest BCUT2D eigenvalue weighted by molar-refractivity contribution is 7.92. The van der Waals surface area contributed by atoms with Gasteiger partial charge in [0.05, 0.1) is 22.7 Å². The molecule has 1 saturated carbocycles. The average molecular weight is 301 g/mol. The summed E-state index contributed by atoms with van der Waals surface area (Å²) in [6.07, 6.45) is 1.80. The van der Waals surface area contributed by atoms with Crippen molar-refractivity contribution in [3.05, 3.63) is 11.4 Å². The molecule has 0 aliphatic heterocycles. The van der Waals surface area contributed by atoms with Crippen LogP contribution >= 0.6 is 0 Å². The SMILES string of the molecule is CC(C)(C)S(=O)(=O)CCn1nnc(C(=O)O)c1C1CC1. The summed E-state index contributed by atoms with van der Waals surface area (Å²) in [5.41, 5.74) is 0.502. The molecule has 0 radical (unpaired) electrons. The number of hydrogen-bond donors (Lipinski definition) is 1. The van der Waals surface area contributed by atoms with Crippen molar-refractivity contribution < 1.29 is 18.3 Å². The van der Waals surface area contributed by atoms with Gasteiger partial charge in [0.25, 0.3) is 0 Å². The van der Waals surface area contributed by atoms with Crippen LogP contribution in [-0.2, 0) is 16.4 Å². The molecule has 0 bridgehead atoms. The lowest BCUT2D eigenvalue weighted by Crippen LogP contribution is -2.32. The van der Waals surface area contributed by atoms with Gasteiger partial charge in [-0.2, -0.15) is 0 Å². The molecule has 112 valence electrons. The summed E-state index contributed by atoms with van der Waals surface area (Å²) < 4.78 is 24.8. The van der Waals surface area contributed by atoms with Crippen molar-refractivity contribution in [3.63, 3.8) is 0 Å². The van der Waals surface area contributed by atoms with Crippen LogP contribution in [0, 0.1) is 0 Å². The Hall–Kier alpha value is -1.44. The molecule has 7 nitrogen and oxygen atoms in total. The second-order valence-electron chi connectivity index (χ2n) is 6.06. The van der Waals surface area contributed by atoms with Gasteiger partial charge in [-0.25, -0.2) is 17.9 Å². The summed E-state index contributed by atoms with van der Waals surface area (Å²) in [5, 5.41) is 16.5. The Kier molecular flexibility index (Phi) is 3.62. The molecule has 1 N–H and O–H groups in total. The van der Waals surface area contributed by atoms with Gasteiger partial charge in [-0.15, -0.1) is 5.10 Å². The zero-order valence-electron chi connectivity index (χ0n) is 11.8. The summed E-state index contributed by atoms with van der Waals surface area (Å²) in [6, 6.07) is 0. The van der Waals surface area contributed by atoms with E-state index in [0.29, 0.717) is 5.69 Å². The smallest absolute Gasteiger partial charge is 0.358 e. The Balaban J connectivity index is 2.21. The zero-order valence-corrected chi connectivity index (χ0v) is 12.6. The van der Waals surface area contributed by atoms with Crippen molar-refractivity contribution in [1.29, 1.82) is 0 Å². The maximum Gasteiger partial charge on any atom is 0.358 e. The van der Waals surface area contributed by atoms with Gasteiger partial charge in [0, 0.05) is 5.92 Å². The van der Waals surface area contributed by atoms with E-state index in [0.717, 1.165) is 12.8 Å². The van der Waals surface area contributed by atoms with Crippen LogP contribution < -0.4 is 0 Å². The van der Waals surface area contributed by atoms with Crippen LogP contribution in [-0.4, -0.2) is 45.0 Å². The number of aromatic nitrogens is 3. The minimum atomic E-state index is -3.27. The number of hydrogen-bond acceptors (Lipinski definition) is 5. The van der Waals surface area contributed by atoms with E-state index in [-0.39, 0.29) is 23.9 Å². The van der Waals surface area contributed by atoms with E-state index in [2.05, 4.69) is 10.3 Å². The van der Waals surface area contributed by atoms with Gasteiger partial charge in [-0.1, -0.05) is 5.21 Å². The van der Waals surface area contributed by atoms with Crippen molar-refractivity contribution >= 4 is 15.8 Å². The summed E-state index contributed by atoms with van der Waals surface area (Å²) in [6.45, 7) is 5.09. The van der Waals surface area contributed by atoms with E-state index in [1.165, 1.54) is 4.68 Å². The Morgan fingerprint density at radius 3 is 2.45 bits per heavy atom. The van der Waals surface area contributed by atoms with Crippen LogP contribution in [0.4, 0.5) is 0 Å². The summed E-state index contributed by atoms with van der Waals surface area (Å²) in [4.78, 5) is 11.1. The van der Waals surface area contributed by atoms with Crippen LogP contribution in [0.15, 0.2) is 0 Å². The van der Waals surface area contributed by atoms with E-state index >= 15 is 0 Å². The Morgan fingerprint density at radius 1 is 1.40 bits per heavy atom. The van der Waals surface area contributed by atoms with Gasteiger partial charge < -0.3 is 5.11 Å². The van der Waals surface area contributed by atoms with E-state index in [4.69, 9.17) is 5.11 Å². The van der Waals surface area contributed by atoms with Crippen molar-refractivity contribution in [3.8, 4) is 0 Å². The third-order valence-corrected chi connectivity index (χ3v) is 6.03. The van der Waals surface area contributed by atoms with Gasteiger partial charge in [0.2, 0.25) is 0 Å². The highest BCUT2D eigenvalue weighted by Crippen LogP contribution is 2.41. The standard InChI is InChI=1S/C12H19N3O4S/c1-12(2,3)20(18,19)7-6-15-10(8-4-5-8)9(11(16)17)13-14-15/h8H,4-7H2,1-3H3,(H,16,17). The molecule has 0 saturated heterocycles. The highest BCUT2D eigenvalue weighted by Gasteiger charge is 2.35. The topological polar surface area (TPSA) is 102 Å². The summed E-state index contributed by atoms with van der Waals surface area (Å²) in [7, 11) is -3.27. The molecule has 20 heavy (non-hydrogen) atoms. The molecular weight excluding hydrogens is 282 g/mol. The number of sulfone groups is 1. The van der Waals surface area contributed by atoms with Gasteiger partial charge in [0.1, 0.15) is 0 Å². The lowest BCUT2D eigenvalue weighted by atomic mass is 10.2. The van der Waals surface area contributed by atoms with Gasteiger partial charge >= 0.3 is 5.97 Å². The molecule has 0 spiro atoms. The fourth-order valence-corrected chi connectivity index (χ4v) is 2.94. The first-order chi connectivity index (χ1) is 9.13. The number of carboxylic acid groups (broad SMARTS) is 1. The zero-order chi connectivity index (χ0) is 15.1. The molecule has 8 heteroatoms. The second kappa shape index (κ2) is 4.83. The van der Waals surface area contributed by atoms with Crippen molar-refractivity contribution in [2.24, 2.45) is 0 Å². The number of rotatable bonds is 5. The van der Waals surface area contributed by atoms with Crippen molar-refractivity contribution in [1.82, 2.24) is 15.0 Å². The van der Waals surface area contributed by atoms with Crippen LogP contribution in [0.25, 0.3) is 0 Å². The molecule has 1 aromatic rings. The third kappa shape index (κ3) is 2.84. The van der Waals surface area contributed by atoms with E-state index in [1.807, 2.05) is 0 Å². The van der Waals surface area contributed by atoms with Crippen LogP contribution in [0.3, 0.4) is 0 Å². The molecule has 1 aliphatic carbocycles. The number of carboxylic acids is 1. The number of nitrogens with zero attached hydrogens (tertiary/aromatic N) is 3. The second-order valence-corrected chi connectivity index (χ2v) is 8.92. The molecule has 0 amide bonds. The van der Waals surface area contributed by atoms with Crippen LogP contribution in [0.2, 0.25) is 0 Å². The lowest BCUT2D eigenvalue weighted by Gasteiger charge is -2.19. The predicted octanol–water partition coefficient (Wildman–Crippen LogP) is 1.07. The fourth-order valence-electron chi connectivity index (χ4n) is 1.91. The van der Waals surface area contributed by atoms with Crippen LogP contribution in [0.1, 0.15) is 55.7 Å². The lowest BCUT2D eigenvalue weighted by molar-refractivity contribution is 0.0689. The molecule has 0 unspecified atom stereocenters. The quantitative estimate of drug-likeness (QED) is 0.872. The number of carbonyl (C=O) groups is 1. The van der Waals surface area contributed by atoms with Gasteiger partial charge in [-0.05, 0) is 33.6 Å². The Labute approximate surface area is 117 Å². The Morgan fingerprint density at radius 2 is 2.00 bits per heavy atom. The predicted molar refractivity (Wildman–Crippen MR) is 72.5 cm³/mol. The average Bonchev–Trinajstić information content (AvgIpc) is 3.04. The molecule has 1 aromatic heterocycles. The Bertz CT molecular complexity index is 624. The van der Waals surface area contributed by atoms with Gasteiger partial charge in [-0.3, -0.25) is 0 Å². The molecule has 1 heterocycles. The highest BCUT2D eigenvalue weighted by atomic mass is 32.2. The fraction of sp³-hybridized carbons (Fsp3) is 0.750. The first-order valence-electron chi connectivity index (χ1n) is 6.52. The van der Waals surface area contributed by atoms with Crippen molar-refractivity contribution in [2.75, 3.05) is 5.75 Å². The molecule has 0 atom stereocenters.